The molecule has 2 saturated heterocycles. The highest BCUT2D eigenvalue weighted by molar-refractivity contribution is 7.93. The van der Waals surface area contributed by atoms with Gasteiger partial charge in [0.1, 0.15) is 0 Å². The zero-order valence-electron chi connectivity index (χ0n) is 17.0. The molecule has 0 unspecified atom stereocenters. The number of nitrogens with one attached hydrogen (secondary N) is 1. The van der Waals surface area contributed by atoms with E-state index in [1.54, 1.807) is 18.2 Å². The van der Waals surface area contributed by atoms with Gasteiger partial charge in [-0.25, -0.2) is 8.42 Å². The van der Waals surface area contributed by atoms with Crippen molar-refractivity contribution >= 4 is 33.4 Å². The Bertz CT molecular complexity index is 1010. The number of rotatable bonds is 6. The molecule has 2 aromatic carbocycles. The monoisotopic (exact) mass is 425 g/mol. The van der Waals surface area contributed by atoms with Crippen LogP contribution in [0.25, 0.3) is 6.08 Å². The maximum Gasteiger partial charge on any atom is 0.244 e. The van der Waals surface area contributed by atoms with Crippen molar-refractivity contribution in [2.24, 2.45) is 0 Å². The minimum absolute atomic E-state index is 0.162. The number of hydrogen-bond acceptors (Lipinski definition) is 4. The molecule has 0 atom stereocenters. The van der Waals surface area contributed by atoms with Crippen LogP contribution in [0.5, 0.6) is 0 Å². The summed E-state index contributed by atoms with van der Waals surface area (Å²) in [6, 6.07) is 15.6. The highest BCUT2D eigenvalue weighted by Crippen LogP contribution is 2.24. The normalized spacial score (nSPS) is 18.3. The molecule has 2 aliphatic rings. The van der Waals surface area contributed by atoms with Crippen LogP contribution in [0.2, 0.25) is 0 Å². The van der Waals surface area contributed by atoms with E-state index >= 15 is 0 Å². The van der Waals surface area contributed by atoms with Crippen molar-refractivity contribution < 1.29 is 13.2 Å². The Labute approximate surface area is 178 Å². The highest BCUT2D eigenvalue weighted by atomic mass is 32.2. The fraction of sp³-hybridized carbons (Fsp3) is 0.348. The molecule has 2 aromatic rings. The van der Waals surface area contributed by atoms with Crippen LogP contribution in [-0.4, -0.2) is 39.7 Å². The van der Waals surface area contributed by atoms with Crippen molar-refractivity contribution in [3.63, 3.8) is 0 Å². The van der Waals surface area contributed by atoms with Gasteiger partial charge in [0.25, 0.3) is 0 Å². The quantitative estimate of drug-likeness (QED) is 0.722. The predicted octanol–water partition coefficient (Wildman–Crippen LogP) is 3.16. The van der Waals surface area contributed by atoms with Gasteiger partial charge >= 0.3 is 0 Å². The number of hydrogen-bond donors (Lipinski definition) is 1. The zero-order valence-corrected chi connectivity index (χ0v) is 17.8. The molecule has 6 nitrogen and oxygen atoms in total. The van der Waals surface area contributed by atoms with Crippen LogP contribution in [0.3, 0.4) is 0 Å². The third-order valence-electron chi connectivity index (χ3n) is 5.58. The average molecular weight is 426 g/mol. The predicted molar refractivity (Wildman–Crippen MR) is 121 cm³/mol. The fourth-order valence-corrected chi connectivity index (χ4v) is 5.47. The molecule has 2 heterocycles. The Morgan fingerprint density at radius 1 is 0.900 bits per heavy atom. The number of carbonyl (C=O) groups is 1. The third-order valence-corrected chi connectivity index (χ3v) is 7.45. The summed E-state index contributed by atoms with van der Waals surface area (Å²) in [4.78, 5) is 14.5. The van der Waals surface area contributed by atoms with Gasteiger partial charge < -0.3 is 10.2 Å². The lowest BCUT2D eigenvalue weighted by Gasteiger charge is -2.17. The number of amides is 1. The van der Waals surface area contributed by atoms with E-state index in [1.807, 2.05) is 12.1 Å². The summed E-state index contributed by atoms with van der Waals surface area (Å²) in [7, 11) is -3.17. The van der Waals surface area contributed by atoms with Crippen LogP contribution in [-0.2, 0) is 21.4 Å². The number of benzene rings is 2. The van der Waals surface area contributed by atoms with Gasteiger partial charge in [0.2, 0.25) is 15.9 Å². The maximum atomic E-state index is 12.1. The van der Waals surface area contributed by atoms with Crippen LogP contribution in [0, 0.1) is 0 Å². The largest absolute Gasteiger partial charge is 0.372 e. The molecular weight excluding hydrogens is 398 g/mol. The Morgan fingerprint density at radius 3 is 2.20 bits per heavy atom. The summed E-state index contributed by atoms with van der Waals surface area (Å²) in [5.41, 5.74) is 3.83. The highest BCUT2D eigenvalue weighted by Gasteiger charge is 2.28. The zero-order chi connectivity index (χ0) is 21.0. The lowest BCUT2D eigenvalue weighted by Crippen LogP contribution is -2.24. The van der Waals surface area contributed by atoms with Gasteiger partial charge in [0.15, 0.2) is 0 Å². The molecular formula is C23H27N3O3S. The molecule has 0 radical (unpaired) electrons. The minimum atomic E-state index is -3.17. The summed E-state index contributed by atoms with van der Waals surface area (Å²) in [6.07, 6.45) is 6.40. The standard InChI is InChI=1S/C23H27N3O3S/c27-23(24-18-20-6-9-21(10-7-20)25-14-1-2-15-25)13-8-19-4-11-22(12-5-19)26-16-3-17-30(26,28)29/h4-13H,1-3,14-18H2,(H,24,27)/b13-8+. The smallest absolute Gasteiger partial charge is 0.244 e. The molecule has 0 saturated carbocycles. The topological polar surface area (TPSA) is 69.7 Å². The van der Waals surface area contributed by atoms with Crippen molar-refractivity contribution in [1.82, 2.24) is 5.32 Å². The lowest BCUT2D eigenvalue weighted by atomic mass is 10.2. The van der Waals surface area contributed by atoms with E-state index in [9.17, 15) is 13.2 Å². The van der Waals surface area contributed by atoms with Gasteiger partial charge in [-0.15, -0.1) is 0 Å². The summed E-state index contributed by atoms with van der Waals surface area (Å²) in [5, 5.41) is 2.90. The van der Waals surface area contributed by atoms with E-state index in [0.29, 0.717) is 25.2 Å². The third kappa shape index (κ3) is 4.84. The van der Waals surface area contributed by atoms with Crippen molar-refractivity contribution in [3.05, 3.63) is 65.7 Å². The van der Waals surface area contributed by atoms with Gasteiger partial charge in [-0.05, 0) is 60.7 Å². The van der Waals surface area contributed by atoms with Crippen LogP contribution in [0.1, 0.15) is 30.4 Å². The van der Waals surface area contributed by atoms with E-state index in [2.05, 4.69) is 34.5 Å². The van der Waals surface area contributed by atoms with E-state index in [-0.39, 0.29) is 11.7 Å². The van der Waals surface area contributed by atoms with Gasteiger partial charge in [-0.2, -0.15) is 0 Å². The molecule has 2 fully saturated rings. The number of anilines is 2. The molecule has 1 amide bonds. The first-order valence-corrected chi connectivity index (χ1v) is 12.0. The molecule has 0 aliphatic carbocycles. The van der Waals surface area contributed by atoms with E-state index in [1.165, 1.54) is 28.9 Å². The van der Waals surface area contributed by atoms with Crippen LogP contribution < -0.4 is 14.5 Å². The fourth-order valence-electron chi connectivity index (χ4n) is 3.90. The summed E-state index contributed by atoms with van der Waals surface area (Å²) >= 11 is 0. The Balaban J connectivity index is 1.28. The van der Waals surface area contributed by atoms with Crippen LogP contribution >= 0.6 is 0 Å². The molecule has 4 rings (SSSR count). The number of sulfonamides is 1. The molecule has 0 spiro atoms. The molecule has 0 bridgehead atoms. The second kappa shape index (κ2) is 8.92. The first kappa shape index (κ1) is 20.5. The first-order chi connectivity index (χ1) is 14.5. The summed E-state index contributed by atoms with van der Waals surface area (Å²) in [5.74, 6) is 0.0420. The van der Waals surface area contributed by atoms with Crippen LogP contribution in [0.4, 0.5) is 11.4 Å². The van der Waals surface area contributed by atoms with E-state index in [4.69, 9.17) is 0 Å². The van der Waals surface area contributed by atoms with Crippen LogP contribution in [0.15, 0.2) is 54.6 Å². The van der Waals surface area contributed by atoms with E-state index in [0.717, 1.165) is 24.2 Å². The SMILES string of the molecule is O=C(/C=C/c1ccc(N2CCCS2(=O)=O)cc1)NCc1ccc(N2CCCC2)cc1. The first-order valence-electron chi connectivity index (χ1n) is 10.4. The lowest BCUT2D eigenvalue weighted by molar-refractivity contribution is -0.116. The molecule has 1 N–H and O–H groups in total. The van der Waals surface area contributed by atoms with E-state index < -0.39 is 10.0 Å². The second-order valence-corrected chi connectivity index (χ2v) is 9.76. The maximum absolute atomic E-state index is 12.1. The van der Waals surface area contributed by atoms with Gasteiger partial charge in [-0.1, -0.05) is 24.3 Å². The number of carbonyl (C=O) groups excluding carboxylic acids is 1. The van der Waals surface area contributed by atoms with Crippen molar-refractivity contribution in [2.45, 2.75) is 25.8 Å². The number of nitrogens with zero attached hydrogens (tertiary/aromatic N) is 2. The van der Waals surface area contributed by atoms with Crippen molar-refractivity contribution in [2.75, 3.05) is 34.6 Å². The Morgan fingerprint density at radius 2 is 1.57 bits per heavy atom. The Hall–Kier alpha value is -2.80. The molecule has 7 heteroatoms. The molecule has 30 heavy (non-hydrogen) atoms. The molecule has 2 aliphatic heterocycles. The van der Waals surface area contributed by atoms with Crippen molar-refractivity contribution in [1.29, 1.82) is 0 Å². The van der Waals surface area contributed by atoms with Crippen molar-refractivity contribution in [3.8, 4) is 0 Å². The molecule has 158 valence electrons. The summed E-state index contributed by atoms with van der Waals surface area (Å²) < 4.78 is 25.4. The Kier molecular flexibility index (Phi) is 6.08. The van der Waals surface area contributed by atoms with Gasteiger partial charge in [-0.3, -0.25) is 9.10 Å². The average Bonchev–Trinajstić information content (AvgIpc) is 3.41. The van der Waals surface area contributed by atoms with Gasteiger partial charge in [0.05, 0.1) is 11.4 Å². The second-order valence-electron chi connectivity index (χ2n) is 7.74. The minimum Gasteiger partial charge on any atom is -0.372 e. The summed E-state index contributed by atoms with van der Waals surface area (Å²) in [6.45, 7) is 3.25. The molecule has 0 aromatic heterocycles. The van der Waals surface area contributed by atoms with Gasteiger partial charge in [0, 0.05) is 37.9 Å².